The molecule has 0 aliphatic carbocycles. The maximum atomic E-state index is 13.8. The van der Waals surface area contributed by atoms with E-state index >= 15 is 0 Å². The summed E-state index contributed by atoms with van der Waals surface area (Å²) >= 11 is 1.59. The highest BCUT2D eigenvalue weighted by molar-refractivity contribution is 8.02. The number of amides is 3. The van der Waals surface area contributed by atoms with Crippen LogP contribution in [0.4, 0.5) is 11.4 Å². The van der Waals surface area contributed by atoms with E-state index in [1.165, 1.54) is 4.90 Å². The molecule has 0 aromatic heterocycles. The van der Waals surface area contributed by atoms with Crippen molar-refractivity contribution < 1.29 is 29.0 Å². The van der Waals surface area contributed by atoms with Gasteiger partial charge in [0.05, 0.1) is 36.9 Å². The van der Waals surface area contributed by atoms with Crippen LogP contribution in [0.1, 0.15) is 26.7 Å². The first-order valence-electron chi connectivity index (χ1n) is 12.9. The zero-order valence-corrected chi connectivity index (χ0v) is 22.5. The number of β-amino-alcohol motifs (C(OH)–C–C–N with tert-alkyl or cyclic N) is 1. The predicted octanol–water partition coefficient (Wildman–Crippen LogP) is 3.14. The van der Waals surface area contributed by atoms with Crippen molar-refractivity contribution in [3.05, 3.63) is 48.5 Å². The predicted molar refractivity (Wildman–Crippen MR) is 145 cm³/mol. The molecule has 3 amide bonds. The molecule has 10 heteroatoms. The number of aliphatic hydroxyl groups is 1. The van der Waals surface area contributed by atoms with E-state index in [4.69, 9.17) is 9.47 Å². The van der Waals surface area contributed by atoms with Crippen molar-refractivity contribution in [2.75, 3.05) is 37.5 Å². The molecule has 2 bridgehead atoms. The highest BCUT2D eigenvalue weighted by atomic mass is 32.2. The van der Waals surface area contributed by atoms with Crippen molar-refractivity contribution in [1.29, 1.82) is 0 Å². The summed E-state index contributed by atoms with van der Waals surface area (Å²) in [7, 11) is 1.57. The van der Waals surface area contributed by atoms with Gasteiger partial charge in [-0.3, -0.25) is 14.4 Å². The Kier molecular flexibility index (Phi) is 7.04. The van der Waals surface area contributed by atoms with Gasteiger partial charge in [0.25, 0.3) is 0 Å². The van der Waals surface area contributed by atoms with Gasteiger partial charge in [-0.2, -0.15) is 0 Å². The number of benzene rings is 2. The summed E-state index contributed by atoms with van der Waals surface area (Å²) < 4.78 is 9.44. The molecule has 0 saturated carbocycles. The van der Waals surface area contributed by atoms with Gasteiger partial charge in [0, 0.05) is 22.7 Å². The number of nitrogens with zero attached hydrogens (tertiary/aromatic N) is 1. The van der Waals surface area contributed by atoms with E-state index in [0.29, 0.717) is 42.3 Å². The number of ether oxygens (including phenoxy) is 2. The third kappa shape index (κ3) is 4.29. The molecule has 0 radical (unpaired) electrons. The van der Waals surface area contributed by atoms with Crippen molar-refractivity contribution in [2.24, 2.45) is 11.8 Å². The number of anilines is 2. The van der Waals surface area contributed by atoms with Crippen LogP contribution in [0.5, 0.6) is 11.5 Å². The first-order valence-corrected chi connectivity index (χ1v) is 13.7. The zero-order chi connectivity index (χ0) is 27.1. The Morgan fingerprint density at radius 2 is 1.63 bits per heavy atom. The van der Waals surface area contributed by atoms with E-state index in [1.54, 1.807) is 67.4 Å². The Morgan fingerprint density at radius 1 is 1.03 bits per heavy atom. The Bertz CT molecular complexity index is 1220. The Balaban J connectivity index is 1.42. The molecule has 38 heavy (non-hydrogen) atoms. The topological polar surface area (TPSA) is 117 Å². The van der Waals surface area contributed by atoms with E-state index in [2.05, 4.69) is 10.6 Å². The van der Waals surface area contributed by atoms with Gasteiger partial charge < -0.3 is 30.1 Å². The van der Waals surface area contributed by atoms with Crippen LogP contribution in [-0.2, 0) is 14.4 Å². The van der Waals surface area contributed by atoms with E-state index in [1.807, 2.05) is 13.8 Å². The van der Waals surface area contributed by atoms with Crippen LogP contribution < -0.4 is 20.1 Å². The van der Waals surface area contributed by atoms with E-state index in [0.717, 1.165) is 0 Å². The van der Waals surface area contributed by atoms with Crippen LogP contribution in [0.15, 0.2) is 48.5 Å². The lowest BCUT2D eigenvalue weighted by Crippen LogP contribution is -2.52. The third-order valence-corrected chi connectivity index (χ3v) is 9.92. The normalized spacial score (nSPS) is 29.2. The summed E-state index contributed by atoms with van der Waals surface area (Å²) in [6.45, 7) is 4.23. The molecule has 2 aromatic rings. The monoisotopic (exact) mass is 539 g/mol. The minimum atomic E-state index is -0.802. The number of likely N-dealkylation sites (tertiary alicyclic amines) is 1. The molecular formula is C28H33N3O6S. The van der Waals surface area contributed by atoms with Crippen LogP contribution >= 0.6 is 11.8 Å². The molecule has 3 saturated heterocycles. The molecule has 5 atom stereocenters. The minimum Gasteiger partial charge on any atom is -0.497 e. The quantitative estimate of drug-likeness (QED) is 0.448. The molecule has 202 valence electrons. The second-order valence-corrected chi connectivity index (χ2v) is 12.0. The van der Waals surface area contributed by atoms with Crippen LogP contribution in [0, 0.1) is 11.8 Å². The molecule has 3 aliphatic rings. The summed E-state index contributed by atoms with van der Waals surface area (Å²) in [5.74, 6) is -0.695. The Labute approximate surface area is 226 Å². The summed E-state index contributed by atoms with van der Waals surface area (Å²) in [5, 5.41) is 15.7. The number of hydrogen-bond acceptors (Lipinski definition) is 7. The lowest BCUT2D eigenvalue weighted by atomic mass is 9.66. The van der Waals surface area contributed by atoms with E-state index in [-0.39, 0.29) is 30.9 Å². The molecule has 3 fully saturated rings. The summed E-state index contributed by atoms with van der Waals surface area (Å²) in [5.41, 5.74) is 1.20. The summed E-state index contributed by atoms with van der Waals surface area (Å²) in [6, 6.07) is 13.3. The van der Waals surface area contributed by atoms with E-state index < -0.39 is 27.4 Å². The molecule has 1 spiro atoms. The first kappa shape index (κ1) is 26.4. The van der Waals surface area contributed by atoms with Gasteiger partial charge in [-0.15, -0.1) is 11.8 Å². The highest BCUT2D eigenvalue weighted by Crippen LogP contribution is 2.71. The SMILES string of the molecule is CCOc1ccc(NC(=O)[C@@H]2[C@H]3C(=O)N(CCO)C(C(=O)Nc4ccc(OC)cc4)C34CC[C@@]2(C)S4)cc1. The second kappa shape index (κ2) is 10.1. The number of aliphatic hydroxyl groups excluding tert-OH is 1. The number of methoxy groups -OCH3 is 1. The van der Waals surface area contributed by atoms with Gasteiger partial charge in [-0.25, -0.2) is 0 Å². The third-order valence-electron chi connectivity index (χ3n) is 7.94. The highest BCUT2D eigenvalue weighted by Gasteiger charge is 2.77. The Morgan fingerprint density at radius 3 is 2.21 bits per heavy atom. The average Bonchev–Trinajstić information content (AvgIpc) is 3.47. The fraction of sp³-hybridized carbons (Fsp3) is 0.464. The van der Waals surface area contributed by atoms with Crippen LogP contribution in [0.3, 0.4) is 0 Å². The summed E-state index contributed by atoms with van der Waals surface area (Å²) in [4.78, 5) is 42.8. The number of hydrogen-bond donors (Lipinski definition) is 3. The number of rotatable bonds is 9. The number of carbonyl (C=O) groups excluding carboxylic acids is 3. The minimum absolute atomic E-state index is 0.0300. The van der Waals surface area contributed by atoms with Crippen molar-refractivity contribution in [2.45, 2.75) is 42.2 Å². The Hall–Kier alpha value is -3.24. The lowest BCUT2D eigenvalue weighted by molar-refractivity contribution is -0.139. The fourth-order valence-electron chi connectivity index (χ4n) is 6.38. The van der Waals surface area contributed by atoms with Crippen LogP contribution in [0.25, 0.3) is 0 Å². The molecule has 3 aliphatic heterocycles. The average molecular weight is 540 g/mol. The molecule has 2 unspecified atom stereocenters. The molecule has 5 rings (SSSR count). The van der Waals surface area contributed by atoms with Gasteiger partial charge in [-0.1, -0.05) is 0 Å². The number of fused-ring (bicyclic) bond motifs is 1. The van der Waals surface area contributed by atoms with E-state index in [9.17, 15) is 19.5 Å². The van der Waals surface area contributed by atoms with Crippen molar-refractivity contribution >= 4 is 40.9 Å². The number of carbonyl (C=O) groups is 3. The van der Waals surface area contributed by atoms with Gasteiger partial charge in [0.2, 0.25) is 17.7 Å². The number of thioether (sulfide) groups is 1. The maximum Gasteiger partial charge on any atom is 0.248 e. The van der Waals surface area contributed by atoms with Crippen LogP contribution in [-0.4, -0.2) is 70.1 Å². The molecule has 3 heterocycles. The van der Waals surface area contributed by atoms with Gasteiger partial charge >= 0.3 is 0 Å². The first-order chi connectivity index (χ1) is 18.3. The van der Waals surface area contributed by atoms with Gasteiger partial charge in [0.1, 0.15) is 17.5 Å². The van der Waals surface area contributed by atoms with Gasteiger partial charge in [0.15, 0.2) is 0 Å². The molecule has 2 aromatic carbocycles. The second-order valence-electron chi connectivity index (χ2n) is 10.1. The fourth-order valence-corrected chi connectivity index (χ4v) is 8.74. The molecule has 3 N–H and O–H groups in total. The molecular weight excluding hydrogens is 506 g/mol. The number of nitrogens with one attached hydrogen (secondary N) is 2. The zero-order valence-electron chi connectivity index (χ0n) is 21.7. The van der Waals surface area contributed by atoms with Crippen LogP contribution in [0.2, 0.25) is 0 Å². The standard InChI is InChI=1S/C28H33N3O6S/c1-4-37-20-11-7-17(8-12-20)29-24(33)21-22-26(35)31(15-16-32)23(28(22)14-13-27(21,2)38-28)25(34)30-18-5-9-19(36-3)10-6-18/h5-12,21-23,32H,4,13-16H2,1-3H3,(H,29,33)(H,30,34)/t21-,22-,23?,27+,28?/m0/s1. The smallest absolute Gasteiger partial charge is 0.248 e. The maximum absolute atomic E-state index is 13.8. The van der Waals surface area contributed by atoms with Crippen molar-refractivity contribution in [3.63, 3.8) is 0 Å². The lowest BCUT2D eigenvalue weighted by Gasteiger charge is -2.34. The molecule has 9 nitrogen and oxygen atoms in total. The summed E-state index contributed by atoms with van der Waals surface area (Å²) in [6.07, 6.45) is 1.35. The van der Waals surface area contributed by atoms with Crippen molar-refractivity contribution in [3.8, 4) is 11.5 Å². The van der Waals surface area contributed by atoms with Crippen molar-refractivity contribution in [1.82, 2.24) is 4.90 Å². The largest absolute Gasteiger partial charge is 0.497 e. The van der Waals surface area contributed by atoms with Gasteiger partial charge in [-0.05, 0) is 75.2 Å².